The van der Waals surface area contributed by atoms with Gasteiger partial charge in [0.05, 0.1) is 10.6 Å². The predicted molar refractivity (Wildman–Crippen MR) is 185 cm³/mol. The summed E-state index contributed by atoms with van der Waals surface area (Å²) >= 11 is 6.17. The van der Waals surface area contributed by atoms with Gasteiger partial charge in [0.25, 0.3) is 10.0 Å². The van der Waals surface area contributed by atoms with Crippen molar-refractivity contribution >= 4 is 39.1 Å². The van der Waals surface area contributed by atoms with E-state index in [4.69, 9.17) is 11.6 Å². The Labute approximate surface area is 278 Å². The average molecular weight is 660 g/mol. The van der Waals surface area contributed by atoms with Gasteiger partial charge in [-0.05, 0) is 73.7 Å². The van der Waals surface area contributed by atoms with Crippen LogP contribution >= 0.6 is 11.6 Å². The Balaban J connectivity index is 1.83. The molecule has 4 aromatic carbocycles. The molecule has 46 heavy (non-hydrogen) atoms. The Bertz CT molecular complexity index is 1710. The summed E-state index contributed by atoms with van der Waals surface area (Å²) in [6.07, 6.45) is 1.52. The van der Waals surface area contributed by atoms with Crippen molar-refractivity contribution < 1.29 is 18.0 Å². The number of aryl methyl sites for hydroxylation is 2. The number of halogens is 1. The summed E-state index contributed by atoms with van der Waals surface area (Å²) in [5.74, 6) is -0.806. The molecule has 0 aliphatic heterocycles. The Morgan fingerprint density at radius 2 is 1.46 bits per heavy atom. The van der Waals surface area contributed by atoms with E-state index in [-0.39, 0.29) is 29.8 Å². The normalized spacial score (nSPS) is 12.6. The second-order valence-electron chi connectivity index (χ2n) is 11.5. The number of hydrogen-bond donors (Lipinski definition) is 1. The minimum Gasteiger partial charge on any atom is -0.352 e. The summed E-state index contributed by atoms with van der Waals surface area (Å²) < 4.78 is 29.8. The fourth-order valence-electron chi connectivity index (χ4n) is 5.19. The molecule has 9 heteroatoms. The monoisotopic (exact) mass is 659 g/mol. The molecule has 4 aromatic rings. The SMILES string of the molecule is CCc1ccccc1N(CC(=O)N(Cc1ccc(Cl)cc1)[C@@H](Cc1ccccc1)C(=O)N[C@H](C)CC)S(=O)(=O)c1ccc(C)cc1. The molecule has 0 saturated carbocycles. The molecule has 0 radical (unpaired) electrons. The van der Waals surface area contributed by atoms with Gasteiger partial charge in [-0.25, -0.2) is 8.42 Å². The number of sulfonamides is 1. The van der Waals surface area contributed by atoms with Gasteiger partial charge >= 0.3 is 0 Å². The molecule has 1 N–H and O–H groups in total. The maximum atomic E-state index is 14.6. The number of carbonyl (C=O) groups is 2. The first kappa shape index (κ1) is 34.7. The zero-order valence-corrected chi connectivity index (χ0v) is 28.4. The summed E-state index contributed by atoms with van der Waals surface area (Å²) in [7, 11) is -4.17. The first-order valence-electron chi connectivity index (χ1n) is 15.6. The summed E-state index contributed by atoms with van der Waals surface area (Å²) in [5.41, 5.74) is 3.76. The minimum atomic E-state index is -4.17. The molecule has 7 nitrogen and oxygen atoms in total. The molecule has 0 heterocycles. The van der Waals surface area contributed by atoms with Gasteiger partial charge in [-0.2, -0.15) is 0 Å². The van der Waals surface area contributed by atoms with Crippen LogP contribution in [-0.2, 0) is 39.0 Å². The number of amides is 2. The van der Waals surface area contributed by atoms with Gasteiger partial charge in [-0.3, -0.25) is 13.9 Å². The summed E-state index contributed by atoms with van der Waals surface area (Å²) in [6, 6.07) is 29.3. The first-order valence-corrected chi connectivity index (χ1v) is 17.4. The third-order valence-corrected chi connectivity index (χ3v) is 10.1. The largest absolute Gasteiger partial charge is 0.352 e. The van der Waals surface area contributed by atoms with Crippen LogP contribution in [-0.4, -0.2) is 43.8 Å². The van der Waals surface area contributed by atoms with Gasteiger partial charge in [-0.15, -0.1) is 0 Å². The first-order chi connectivity index (χ1) is 22.0. The van der Waals surface area contributed by atoms with Crippen LogP contribution in [0.5, 0.6) is 0 Å². The second-order valence-corrected chi connectivity index (χ2v) is 13.8. The van der Waals surface area contributed by atoms with E-state index in [1.54, 1.807) is 48.5 Å². The molecule has 2 atom stereocenters. The highest BCUT2D eigenvalue weighted by atomic mass is 35.5. The van der Waals surface area contributed by atoms with Crippen molar-refractivity contribution in [2.75, 3.05) is 10.8 Å². The van der Waals surface area contributed by atoms with Gasteiger partial charge in [0.15, 0.2) is 0 Å². The summed E-state index contributed by atoms with van der Waals surface area (Å²) in [6.45, 7) is 7.31. The Morgan fingerprint density at radius 1 is 0.826 bits per heavy atom. The third kappa shape index (κ3) is 8.77. The highest BCUT2D eigenvalue weighted by molar-refractivity contribution is 7.92. The molecule has 0 spiro atoms. The summed E-state index contributed by atoms with van der Waals surface area (Å²) in [5, 5.41) is 3.60. The van der Waals surface area contributed by atoms with Crippen LogP contribution in [0.3, 0.4) is 0 Å². The number of hydrogen-bond acceptors (Lipinski definition) is 4. The van der Waals surface area contributed by atoms with E-state index in [2.05, 4.69) is 5.32 Å². The molecule has 0 fully saturated rings. The number of nitrogens with one attached hydrogen (secondary N) is 1. The van der Waals surface area contributed by atoms with Crippen LogP contribution in [0.1, 0.15) is 49.4 Å². The van der Waals surface area contributed by atoms with Crippen molar-refractivity contribution in [2.24, 2.45) is 0 Å². The summed E-state index contributed by atoms with van der Waals surface area (Å²) in [4.78, 5) is 30.2. The van der Waals surface area contributed by atoms with Crippen molar-refractivity contribution in [3.8, 4) is 0 Å². The molecule has 0 aromatic heterocycles. The van der Waals surface area contributed by atoms with Crippen molar-refractivity contribution in [3.05, 3.63) is 130 Å². The molecule has 0 bridgehead atoms. The van der Waals surface area contributed by atoms with Crippen LogP contribution in [0.4, 0.5) is 5.69 Å². The maximum absolute atomic E-state index is 14.6. The molecule has 0 saturated heterocycles. The van der Waals surface area contributed by atoms with E-state index in [1.807, 2.05) is 82.3 Å². The lowest BCUT2D eigenvalue weighted by Crippen LogP contribution is -2.54. The number of para-hydroxylation sites is 1. The van der Waals surface area contributed by atoms with E-state index in [0.717, 1.165) is 22.3 Å². The number of anilines is 1. The van der Waals surface area contributed by atoms with Crippen LogP contribution < -0.4 is 9.62 Å². The highest BCUT2D eigenvalue weighted by Gasteiger charge is 2.35. The predicted octanol–water partition coefficient (Wildman–Crippen LogP) is 6.96. The molecule has 4 rings (SSSR count). The third-order valence-electron chi connectivity index (χ3n) is 8.07. The van der Waals surface area contributed by atoms with Gasteiger partial charge in [0.2, 0.25) is 11.8 Å². The molecule has 0 unspecified atom stereocenters. The van der Waals surface area contributed by atoms with Crippen molar-refractivity contribution in [1.82, 2.24) is 10.2 Å². The molecular formula is C37H42ClN3O4S. The van der Waals surface area contributed by atoms with E-state index in [0.29, 0.717) is 23.6 Å². The molecule has 0 aliphatic carbocycles. The van der Waals surface area contributed by atoms with Crippen molar-refractivity contribution in [1.29, 1.82) is 0 Å². The lowest BCUT2D eigenvalue weighted by atomic mass is 10.0. The zero-order valence-electron chi connectivity index (χ0n) is 26.8. The smallest absolute Gasteiger partial charge is 0.264 e. The fourth-order valence-corrected chi connectivity index (χ4v) is 6.76. The van der Waals surface area contributed by atoms with Crippen LogP contribution in [0.25, 0.3) is 0 Å². The Hall–Kier alpha value is -4.14. The van der Waals surface area contributed by atoms with Gasteiger partial charge < -0.3 is 10.2 Å². The number of rotatable bonds is 14. The standard InChI is InChI=1S/C37H42ClN3O4S/c1-5-28(4)39-37(43)35(24-29-12-8-7-9-13-29)40(25-30-18-20-32(38)21-19-30)36(42)26-41(34-15-11-10-14-31(34)6-2)46(44,45)33-22-16-27(3)17-23-33/h7-23,28,35H,5-6,24-26H2,1-4H3,(H,39,43)/t28-,35+/m1/s1. The molecule has 2 amide bonds. The van der Waals surface area contributed by atoms with E-state index >= 15 is 0 Å². The Kier molecular flexibility index (Phi) is 12.0. The lowest BCUT2D eigenvalue weighted by molar-refractivity contribution is -0.140. The van der Waals surface area contributed by atoms with E-state index in [1.165, 1.54) is 9.21 Å². The van der Waals surface area contributed by atoms with Crippen molar-refractivity contribution in [3.63, 3.8) is 0 Å². The number of carbonyl (C=O) groups excluding carboxylic acids is 2. The highest BCUT2D eigenvalue weighted by Crippen LogP contribution is 2.29. The fraction of sp³-hybridized carbons (Fsp3) is 0.297. The van der Waals surface area contributed by atoms with E-state index < -0.39 is 28.5 Å². The maximum Gasteiger partial charge on any atom is 0.264 e. The van der Waals surface area contributed by atoms with Gasteiger partial charge in [0, 0.05) is 24.0 Å². The molecule has 242 valence electrons. The zero-order chi connectivity index (χ0) is 33.3. The van der Waals surface area contributed by atoms with Crippen LogP contribution in [0.15, 0.2) is 108 Å². The topological polar surface area (TPSA) is 86.8 Å². The Morgan fingerprint density at radius 3 is 2.09 bits per heavy atom. The molecule has 0 aliphatic rings. The number of benzene rings is 4. The molecular weight excluding hydrogens is 618 g/mol. The quantitative estimate of drug-likeness (QED) is 0.159. The lowest BCUT2D eigenvalue weighted by Gasteiger charge is -2.34. The number of nitrogens with zero attached hydrogens (tertiary/aromatic N) is 2. The van der Waals surface area contributed by atoms with Gasteiger partial charge in [0.1, 0.15) is 12.6 Å². The van der Waals surface area contributed by atoms with Crippen LogP contribution in [0.2, 0.25) is 5.02 Å². The van der Waals surface area contributed by atoms with Crippen LogP contribution in [0, 0.1) is 6.92 Å². The van der Waals surface area contributed by atoms with E-state index in [9.17, 15) is 18.0 Å². The minimum absolute atomic E-state index is 0.0786. The average Bonchev–Trinajstić information content (AvgIpc) is 3.06. The van der Waals surface area contributed by atoms with Gasteiger partial charge in [-0.1, -0.05) is 104 Å². The van der Waals surface area contributed by atoms with Crippen molar-refractivity contribution in [2.45, 2.75) is 70.5 Å². The second kappa shape index (κ2) is 15.9.